The van der Waals surface area contributed by atoms with Gasteiger partial charge in [0.25, 0.3) is 0 Å². The van der Waals surface area contributed by atoms with Crippen molar-refractivity contribution < 1.29 is 8.42 Å². The lowest BCUT2D eigenvalue weighted by atomic mass is 9.89. The van der Waals surface area contributed by atoms with Gasteiger partial charge in [-0.1, -0.05) is 18.2 Å². The minimum atomic E-state index is -3.47. The highest BCUT2D eigenvalue weighted by Gasteiger charge is 2.28. The summed E-state index contributed by atoms with van der Waals surface area (Å²) < 4.78 is 27.4. The molecule has 7 nitrogen and oxygen atoms in total. The normalized spacial score (nSPS) is 19.8. The standard InChI is InChI=1S/C23H29N5O2S/c1-26-12-14-28(15-13-26)31(29,30)19-6-7-23(25-16-19)27-10-8-18(9-11-27)21-17-24-22-5-3-2-4-20(21)22/h2-7,16-18,24H,8-15H2,1H3. The van der Waals surface area contributed by atoms with Crippen molar-refractivity contribution in [2.45, 2.75) is 23.7 Å². The molecule has 1 N–H and O–H groups in total. The third kappa shape index (κ3) is 3.95. The summed E-state index contributed by atoms with van der Waals surface area (Å²) in [6.45, 7) is 4.42. The summed E-state index contributed by atoms with van der Waals surface area (Å²) in [7, 11) is -1.45. The van der Waals surface area contributed by atoms with E-state index in [4.69, 9.17) is 0 Å². The van der Waals surface area contributed by atoms with Crippen molar-refractivity contribution >= 4 is 26.7 Å². The first-order valence-electron chi connectivity index (χ1n) is 11.0. The van der Waals surface area contributed by atoms with Crippen LogP contribution in [0.3, 0.4) is 0 Å². The monoisotopic (exact) mass is 439 g/mol. The van der Waals surface area contributed by atoms with Crippen LogP contribution in [0.25, 0.3) is 10.9 Å². The summed E-state index contributed by atoms with van der Waals surface area (Å²) in [6.07, 6.45) is 5.80. The molecule has 8 heteroatoms. The number of anilines is 1. The van der Waals surface area contributed by atoms with Crippen LogP contribution in [0.2, 0.25) is 0 Å². The third-order valence-electron chi connectivity index (χ3n) is 6.70. The Balaban J connectivity index is 1.25. The molecule has 0 amide bonds. The number of para-hydroxylation sites is 1. The van der Waals surface area contributed by atoms with Gasteiger partial charge in [-0.05, 0) is 49.6 Å². The molecule has 0 unspecified atom stereocenters. The van der Waals surface area contributed by atoms with Crippen LogP contribution in [-0.2, 0) is 10.0 Å². The predicted molar refractivity (Wildman–Crippen MR) is 123 cm³/mol. The molecular weight excluding hydrogens is 410 g/mol. The fourth-order valence-corrected chi connectivity index (χ4v) is 6.11. The van der Waals surface area contributed by atoms with Gasteiger partial charge in [-0.15, -0.1) is 0 Å². The highest BCUT2D eigenvalue weighted by molar-refractivity contribution is 7.89. The molecule has 2 aromatic heterocycles. The van der Waals surface area contributed by atoms with Crippen molar-refractivity contribution in [3.63, 3.8) is 0 Å². The van der Waals surface area contributed by atoms with Crippen molar-refractivity contribution in [2.24, 2.45) is 0 Å². The SMILES string of the molecule is CN1CCN(S(=O)(=O)c2ccc(N3CCC(c4c[nH]c5ccccc45)CC3)nc2)CC1. The second-order valence-corrected chi connectivity index (χ2v) is 10.5. The number of fused-ring (bicyclic) bond motifs is 1. The molecule has 0 aliphatic carbocycles. The molecule has 4 heterocycles. The van der Waals surface area contributed by atoms with Gasteiger partial charge in [0.05, 0.1) is 0 Å². The maximum absolute atomic E-state index is 12.9. The number of benzene rings is 1. The number of piperazine rings is 1. The van der Waals surface area contributed by atoms with Crippen molar-refractivity contribution in [3.05, 3.63) is 54.4 Å². The quantitative estimate of drug-likeness (QED) is 0.677. The number of aromatic amines is 1. The van der Waals surface area contributed by atoms with E-state index in [0.717, 1.165) is 44.8 Å². The number of rotatable bonds is 4. The van der Waals surface area contributed by atoms with E-state index >= 15 is 0 Å². The molecule has 164 valence electrons. The van der Waals surface area contributed by atoms with Gasteiger partial charge in [-0.2, -0.15) is 4.31 Å². The van der Waals surface area contributed by atoms with Crippen LogP contribution in [0, 0.1) is 0 Å². The topological polar surface area (TPSA) is 72.5 Å². The Labute approximate surface area is 183 Å². The van der Waals surface area contributed by atoms with Crippen LogP contribution < -0.4 is 4.90 Å². The van der Waals surface area contributed by atoms with E-state index in [1.165, 1.54) is 22.7 Å². The van der Waals surface area contributed by atoms with Crippen molar-refractivity contribution in [3.8, 4) is 0 Å². The van der Waals surface area contributed by atoms with E-state index in [9.17, 15) is 8.42 Å². The minimum Gasteiger partial charge on any atom is -0.361 e. The van der Waals surface area contributed by atoms with Gasteiger partial charge in [0.1, 0.15) is 10.7 Å². The van der Waals surface area contributed by atoms with Gasteiger partial charge in [-0.25, -0.2) is 13.4 Å². The van der Waals surface area contributed by atoms with E-state index in [1.54, 1.807) is 10.4 Å². The van der Waals surface area contributed by atoms with E-state index in [2.05, 4.69) is 50.2 Å². The molecule has 3 aromatic rings. The fraction of sp³-hybridized carbons (Fsp3) is 0.435. The average Bonchev–Trinajstić information content (AvgIpc) is 3.24. The van der Waals surface area contributed by atoms with Gasteiger partial charge in [0, 0.05) is 62.6 Å². The Morgan fingerprint density at radius 2 is 1.71 bits per heavy atom. The summed E-state index contributed by atoms with van der Waals surface area (Å²) in [4.78, 5) is 12.6. The van der Waals surface area contributed by atoms with Crippen LogP contribution in [0.1, 0.15) is 24.3 Å². The number of nitrogens with one attached hydrogen (secondary N) is 1. The first-order chi connectivity index (χ1) is 15.0. The predicted octanol–water partition coefficient (Wildman–Crippen LogP) is 2.88. The van der Waals surface area contributed by atoms with Crippen molar-refractivity contribution in [1.82, 2.24) is 19.2 Å². The Hall–Kier alpha value is -2.42. The Morgan fingerprint density at radius 1 is 0.968 bits per heavy atom. The number of hydrogen-bond acceptors (Lipinski definition) is 5. The Bertz CT molecular complexity index is 1140. The Morgan fingerprint density at radius 3 is 2.42 bits per heavy atom. The number of likely N-dealkylation sites (N-methyl/N-ethyl adjacent to an activating group) is 1. The second-order valence-electron chi connectivity index (χ2n) is 8.61. The summed E-state index contributed by atoms with van der Waals surface area (Å²) in [5.41, 5.74) is 2.59. The largest absolute Gasteiger partial charge is 0.361 e. The number of sulfonamides is 1. The highest BCUT2D eigenvalue weighted by Crippen LogP contribution is 2.34. The zero-order valence-corrected chi connectivity index (χ0v) is 18.7. The van der Waals surface area contributed by atoms with Crippen LogP contribution in [0.15, 0.2) is 53.7 Å². The van der Waals surface area contributed by atoms with E-state index < -0.39 is 10.0 Å². The van der Waals surface area contributed by atoms with Crippen LogP contribution in [0.5, 0.6) is 0 Å². The summed E-state index contributed by atoms with van der Waals surface area (Å²) in [5.74, 6) is 1.39. The molecule has 2 aliphatic heterocycles. The first-order valence-corrected chi connectivity index (χ1v) is 12.4. The Kier molecular flexibility index (Phi) is 5.45. The van der Waals surface area contributed by atoms with E-state index in [0.29, 0.717) is 19.0 Å². The van der Waals surface area contributed by atoms with Gasteiger partial charge in [0.2, 0.25) is 10.0 Å². The number of H-pyrrole nitrogens is 1. The first kappa shape index (κ1) is 20.5. The lowest BCUT2D eigenvalue weighted by molar-refractivity contribution is 0.222. The van der Waals surface area contributed by atoms with Crippen LogP contribution in [-0.4, -0.2) is 73.9 Å². The van der Waals surface area contributed by atoms with Crippen molar-refractivity contribution in [2.75, 3.05) is 51.2 Å². The molecule has 2 fully saturated rings. The number of nitrogens with zero attached hydrogens (tertiary/aromatic N) is 4. The summed E-state index contributed by atoms with van der Waals surface area (Å²) in [6, 6.07) is 12.0. The minimum absolute atomic E-state index is 0.287. The number of piperidine rings is 1. The molecular formula is C23H29N5O2S. The lowest BCUT2D eigenvalue weighted by Crippen LogP contribution is -2.47. The number of pyridine rings is 1. The lowest BCUT2D eigenvalue weighted by Gasteiger charge is -2.33. The summed E-state index contributed by atoms with van der Waals surface area (Å²) in [5, 5.41) is 1.32. The molecule has 0 bridgehead atoms. The molecule has 0 saturated carbocycles. The fourth-order valence-electron chi connectivity index (χ4n) is 4.74. The molecule has 0 spiro atoms. The number of hydrogen-bond donors (Lipinski definition) is 1. The smallest absolute Gasteiger partial charge is 0.244 e. The molecule has 31 heavy (non-hydrogen) atoms. The zero-order valence-electron chi connectivity index (χ0n) is 17.9. The van der Waals surface area contributed by atoms with E-state index in [-0.39, 0.29) is 4.90 Å². The highest BCUT2D eigenvalue weighted by atomic mass is 32.2. The summed E-state index contributed by atoms with van der Waals surface area (Å²) >= 11 is 0. The third-order valence-corrected chi connectivity index (χ3v) is 8.58. The van der Waals surface area contributed by atoms with Gasteiger partial charge in [0.15, 0.2) is 0 Å². The van der Waals surface area contributed by atoms with Crippen LogP contribution in [0.4, 0.5) is 5.82 Å². The average molecular weight is 440 g/mol. The van der Waals surface area contributed by atoms with Gasteiger partial charge in [-0.3, -0.25) is 0 Å². The molecule has 0 atom stereocenters. The molecule has 2 saturated heterocycles. The molecule has 0 radical (unpaired) electrons. The molecule has 1 aromatic carbocycles. The molecule has 5 rings (SSSR count). The van der Waals surface area contributed by atoms with Crippen molar-refractivity contribution in [1.29, 1.82) is 0 Å². The second kappa shape index (κ2) is 8.26. The van der Waals surface area contributed by atoms with Gasteiger partial charge < -0.3 is 14.8 Å². The molecule has 2 aliphatic rings. The van der Waals surface area contributed by atoms with E-state index in [1.807, 2.05) is 13.1 Å². The van der Waals surface area contributed by atoms with Crippen LogP contribution >= 0.6 is 0 Å². The number of aromatic nitrogens is 2. The maximum atomic E-state index is 12.9. The maximum Gasteiger partial charge on any atom is 0.244 e. The zero-order chi connectivity index (χ0) is 21.4. The van der Waals surface area contributed by atoms with Gasteiger partial charge >= 0.3 is 0 Å².